The van der Waals surface area contributed by atoms with Crippen LogP contribution < -0.4 is 10.1 Å². The van der Waals surface area contributed by atoms with E-state index in [9.17, 15) is 14.0 Å². The largest absolute Gasteiger partial charge is 0.465 e. The van der Waals surface area contributed by atoms with Gasteiger partial charge in [-0.15, -0.1) is 0 Å². The molecule has 3 aromatic carbocycles. The number of carbonyl (C=O) groups excluding carboxylic acids is 2. The van der Waals surface area contributed by atoms with Gasteiger partial charge >= 0.3 is 5.97 Å². The highest BCUT2D eigenvalue weighted by molar-refractivity contribution is 6.08. The summed E-state index contributed by atoms with van der Waals surface area (Å²) < 4.78 is 24.2. The molecule has 0 heterocycles. The highest BCUT2D eigenvalue weighted by Gasteiger charge is 2.16. The lowest BCUT2D eigenvalue weighted by Gasteiger charge is -2.11. The SMILES string of the molecule is COC(=O)c1ccccc1NC(=O)c1ccc(F)c(Oc2ccccc2)c1. The second-order valence-corrected chi connectivity index (χ2v) is 5.55. The number of nitrogens with one attached hydrogen (secondary N) is 1. The van der Waals surface area contributed by atoms with E-state index in [1.54, 1.807) is 42.5 Å². The molecule has 6 heteroatoms. The molecular formula is C21H16FNO4. The fourth-order valence-corrected chi connectivity index (χ4v) is 2.41. The monoisotopic (exact) mass is 365 g/mol. The summed E-state index contributed by atoms with van der Waals surface area (Å²) in [4.78, 5) is 24.4. The average Bonchev–Trinajstić information content (AvgIpc) is 2.70. The smallest absolute Gasteiger partial charge is 0.339 e. The predicted octanol–water partition coefficient (Wildman–Crippen LogP) is 4.66. The van der Waals surface area contributed by atoms with Crippen LogP contribution in [0.4, 0.5) is 10.1 Å². The zero-order valence-corrected chi connectivity index (χ0v) is 14.4. The number of benzene rings is 3. The second-order valence-electron chi connectivity index (χ2n) is 5.55. The maximum Gasteiger partial charge on any atom is 0.339 e. The van der Waals surface area contributed by atoms with Crippen LogP contribution in [0.3, 0.4) is 0 Å². The standard InChI is InChI=1S/C21H16FNO4/c1-26-21(25)16-9-5-6-10-18(16)23-20(24)14-11-12-17(22)19(13-14)27-15-7-3-2-4-8-15/h2-13H,1H3,(H,23,24). The summed E-state index contributed by atoms with van der Waals surface area (Å²) in [6, 6.07) is 18.9. The van der Waals surface area contributed by atoms with Gasteiger partial charge in [-0.05, 0) is 42.5 Å². The maximum atomic E-state index is 14.0. The van der Waals surface area contributed by atoms with Crippen LogP contribution in [-0.4, -0.2) is 19.0 Å². The molecule has 27 heavy (non-hydrogen) atoms. The molecule has 3 rings (SSSR count). The van der Waals surface area contributed by atoms with Crippen LogP contribution in [0.1, 0.15) is 20.7 Å². The van der Waals surface area contributed by atoms with E-state index in [0.29, 0.717) is 11.4 Å². The average molecular weight is 365 g/mol. The van der Waals surface area contributed by atoms with Crippen LogP contribution in [0.15, 0.2) is 72.8 Å². The number of para-hydroxylation sites is 2. The van der Waals surface area contributed by atoms with E-state index in [-0.39, 0.29) is 16.9 Å². The molecule has 0 aromatic heterocycles. The first kappa shape index (κ1) is 18.1. The van der Waals surface area contributed by atoms with Gasteiger partial charge in [0.2, 0.25) is 0 Å². The lowest BCUT2D eigenvalue weighted by Crippen LogP contribution is -2.15. The Balaban J connectivity index is 1.84. The molecular weight excluding hydrogens is 349 g/mol. The molecule has 0 fully saturated rings. The Morgan fingerprint density at radius 1 is 0.926 bits per heavy atom. The lowest BCUT2D eigenvalue weighted by atomic mass is 10.1. The molecule has 1 N–H and O–H groups in total. The first-order chi connectivity index (χ1) is 13.1. The quantitative estimate of drug-likeness (QED) is 0.668. The van der Waals surface area contributed by atoms with Gasteiger partial charge in [-0.2, -0.15) is 0 Å². The molecule has 136 valence electrons. The van der Waals surface area contributed by atoms with Gasteiger partial charge in [-0.25, -0.2) is 9.18 Å². The number of hydrogen-bond acceptors (Lipinski definition) is 4. The van der Waals surface area contributed by atoms with Crippen molar-refractivity contribution in [2.45, 2.75) is 0 Å². The summed E-state index contributed by atoms with van der Waals surface area (Å²) >= 11 is 0. The number of ether oxygens (including phenoxy) is 2. The van der Waals surface area contributed by atoms with Gasteiger partial charge in [0.15, 0.2) is 11.6 Å². The lowest BCUT2D eigenvalue weighted by molar-refractivity contribution is 0.0602. The van der Waals surface area contributed by atoms with Crippen molar-refractivity contribution in [3.63, 3.8) is 0 Å². The zero-order chi connectivity index (χ0) is 19.2. The van der Waals surface area contributed by atoms with Crippen molar-refractivity contribution in [1.29, 1.82) is 0 Å². The van der Waals surface area contributed by atoms with Gasteiger partial charge < -0.3 is 14.8 Å². The summed E-state index contributed by atoms with van der Waals surface area (Å²) in [5, 5.41) is 2.63. The van der Waals surface area contributed by atoms with Gasteiger partial charge in [0.25, 0.3) is 5.91 Å². The van der Waals surface area contributed by atoms with Crippen molar-refractivity contribution in [1.82, 2.24) is 0 Å². The number of hydrogen-bond donors (Lipinski definition) is 1. The summed E-state index contributed by atoms with van der Waals surface area (Å²) in [5.74, 6) is -1.30. The van der Waals surface area contributed by atoms with Crippen LogP contribution in [0.5, 0.6) is 11.5 Å². The molecule has 1 amide bonds. The van der Waals surface area contributed by atoms with E-state index in [1.165, 1.54) is 25.3 Å². The summed E-state index contributed by atoms with van der Waals surface area (Å²) in [5.41, 5.74) is 0.697. The number of amides is 1. The first-order valence-corrected chi connectivity index (χ1v) is 8.09. The van der Waals surface area contributed by atoms with Crippen molar-refractivity contribution in [3.8, 4) is 11.5 Å². The third-order valence-corrected chi connectivity index (χ3v) is 3.74. The molecule has 0 aliphatic carbocycles. The predicted molar refractivity (Wildman–Crippen MR) is 98.7 cm³/mol. The van der Waals surface area contributed by atoms with Crippen LogP contribution >= 0.6 is 0 Å². The Hall–Kier alpha value is -3.67. The number of anilines is 1. The molecule has 0 spiro atoms. The Labute approximate surface area is 155 Å². The minimum Gasteiger partial charge on any atom is -0.465 e. The number of halogens is 1. The van der Waals surface area contributed by atoms with Gasteiger partial charge in [-0.1, -0.05) is 30.3 Å². The normalized spacial score (nSPS) is 10.1. The summed E-state index contributed by atoms with van der Waals surface area (Å²) in [6.45, 7) is 0. The minimum atomic E-state index is -0.592. The number of rotatable bonds is 5. The summed E-state index contributed by atoms with van der Waals surface area (Å²) in [7, 11) is 1.26. The highest BCUT2D eigenvalue weighted by Crippen LogP contribution is 2.26. The molecule has 0 saturated carbocycles. The molecule has 0 radical (unpaired) electrons. The Bertz CT molecular complexity index is 973. The Kier molecular flexibility index (Phi) is 5.47. The van der Waals surface area contributed by atoms with E-state index < -0.39 is 17.7 Å². The maximum absolute atomic E-state index is 14.0. The Morgan fingerprint density at radius 3 is 2.37 bits per heavy atom. The number of methoxy groups -OCH3 is 1. The molecule has 0 saturated heterocycles. The Morgan fingerprint density at radius 2 is 1.63 bits per heavy atom. The van der Waals surface area contributed by atoms with Crippen LogP contribution in [0, 0.1) is 5.82 Å². The minimum absolute atomic E-state index is 0.0740. The van der Waals surface area contributed by atoms with Crippen LogP contribution in [0.2, 0.25) is 0 Å². The summed E-state index contributed by atoms with van der Waals surface area (Å²) in [6.07, 6.45) is 0. The van der Waals surface area contributed by atoms with E-state index >= 15 is 0 Å². The first-order valence-electron chi connectivity index (χ1n) is 8.09. The molecule has 0 unspecified atom stereocenters. The van der Waals surface area contributed by atoms with Crippen molar-refractivity contribution in [3.05, 3.63) is 89.7 Å². The van der Waals surface area contributed by atoms with Crippen LogP contribution in [0.25, 0.3) is 0 Å². The fourth-order valence-electron chi connectivity index (χ4n) is 2.41. The van der Waals surface area contributed by atoms with Gasteiger partial charge in [0, 0.05) is 5.56 Å². The third-order valence-electron chi connectivity index (χ3n) is 3.74. The van der Waals surface area contributed by atoms with E-state index in [0.717, 1.165) is 6.07 Å². The van der Waals surface area contributed by atoms with E-state index in [2.05, 4.69) is 5.32 Å². The molecule has 0 aliphatic heterocycles. The van der Waals surface area contributed by atoms with Gasteiger partial charge in [0.05, 0.1) is 18.4 Å². The number of carbonyl (C=O) groups is 2. The zero-order valence-electron chi connectivity index (χ0n) is 14.4. The van der Waals surface area contributed by atoms with Crippen molar-refractivity contribution in [2.75, 3.05) is 12.4 Å². The molecule has 0 atom stereocenters. The topological polar surface area (TPSA) is 64.6 Å². The molecule has 3 aromatic rings. The van der Waals surface area contributed by atoms with Gasteiger partial charge in [0.1, 0.15) is 5.75 Å². The van der Waals surface area contributed by atoms with Crippen molar-refractivity contribution in [2.24, 2.45) is 0 Å². The van der Waals surface area contributed by atoms with E-state index in [4.69, 9.17) is 9.47 Å². The molecule has 0 aliphatic rings. The fraction of sp³-hybridized carbons (Fsp3) is 0.0476. The van der Waals surface area contributed by atoms with Gasteiger partial charge in [-0.3, -0.25) is 4.79 Å². The van der Waals surface area contributed by atoms with E-state index in [1.807, 2.05) is 6.07 Å². The molecule has 0 bridgehead atoms. The second kappa shape index (κ2) is 8.14. The van der Waals surface area contributed by atoms with Crippen molar-refractivity contribution >= 4 is 17.6 Å². The third kappa shape index (κ3) is 4.30. The highest BCUT2D eigenvalue weighted by atomic mass is 19.1. The number of esters is 1. The van der Waals surface area contributed by atoms with Crippen molar-refractivity contribution < 1.29 is 23.5 Å². The molecule has 5 nitrogen and oxygen atoms in total. The van der Waals surface area contributed by atoms with Crippen LogP contribution in [-0.2, 0) is 4.74 Å².